The molecule has 7 heavy (non-hydrogen) atoms. The van der Waals surface area contributed by atoms with Crippen LogP contribution in [0.5, 0.6) is 0 Å². The highest BCUT2D eigenvalue weighted by Crippen LogP contribution is 2.04. The van der Waals surface area contributed by atoms with Crippen LogP contribution in [-0.2, 0) is 4.74 Å². The summed E-state index contributed by atoms with van der Waals surface area (Å²) >= 11 is 4.41. The SMILES string of the molecule is COCCN(I)I. The van der Waals surface area contributed by atoms with E-state index in [4.69, 9.17) is 4.74 Å². The summed E-state index contributed by atoms with van der Waals surface area (Å²) in [7, 11) is 1.71. The normalized spacial score (nSPS) is 10.3. The zero-order chi connectivity index (χ0) is 5.70. The molecule has 44 valence electrons. The Morgan fingerprint density at radius 2 is 2.14 bits per heavy atom. The standard InChI is InChI=1S/C3H7I2NO/c1-7-3-2-6(4)5/h2-3H2,1H3. The molecule has 0 aromatic heterocycles. The van der Waals surface area contributed by atoms with Gasteiger partial charge in [0.1, 0.15) is 0 Å². The first-order valence-electron chi connectivity index (χ1n) is 1.85. The minimum atomic E-state index is 0.811. The predicted octanol–water partition coefficient (Wildman–Crippen LogP) is 1.63. The van der Waals surface area contributed by atoms with E-state index < -0.39 is 0 Å². The molecule has 2 nitrogen and oxygen atoms in total. The lowest BCUT2D eigenvalue weighted by molar-refractivity contribution is 0.200. The second-order valence-corrected chi connectivity index (χ2v) is 5.19. The molecule has 0 aromatic carbocycles. The molecule has 0 saturated heterocycles. The van der Waals surface area contributed by atoms with Gasteiger partial charge < -0.3 is 4.74 Å². The van der Waals surface area contributed by atoms with Gasteiger partial charge in [-0.05, 0) is 0 Å². The van der Waals surface area contributed by atoms with Gasteiger partial charge in [-0.2, -0.15) is 1.33 Å². The summed E-state index contributed by atoms with van der Waals surface area (Å²) in [6.07, 6.45) is 0. The van der Waals surface area contributed by atoms with E-state index in [0.29, 0.717) is 0 Å². The van der Waals surface area contributed by atoms with Crippen molar-refractivity contribution in [1.82, 2.24) is 1.33 Å². The molecule has 0 aliphatic rings. The van der Waals surface area contributed by atoms with E-state index in [9.17, 15) is 0 Å². The minimum Gasteiger partial charge on any atom is -0.383 e. The Morgan fingerprint density at radius 3 is 2.29 bits per heavy atom. The fraction of sp³-hybridized carbons (Fsp3) is 1.00. The smallest absolute Gasteiger partial charge is 0.0606 e. The lowest BCUT2D eigenvalue weighted by Gasteiger charge is -2.00. The highest BCUT2D eigenvalue weighted by Gasteiger charge is 1.88. The summed E-state index contributed by atoms with van der Waals surface area (Å²) in [4.78, 5) is 0. The van der Waals surface area contributed by atoms with Gasteiger partial charge in [-0.3, -0.25) is 0 Å². The van der Waals surface area contributed by atoms with E-state index in [2.05, 4.69) is 45.7 Å². The third kappa shape index (κ3) is 7.38. The Hall–Kier alpha value is 1.38. The van der Waals surface area contributed by atoms with Crippen molar-refractivity contribution in [2.75, 3.05) is 20.3 Å². The lowest BCUT2D eigenvalue weighted by Crippen LogP contribution is -2.04. The molecular weight excluding hydrogens is 320 g/mol. The van der Waals surface area contributed by atoms with Crippen LogP contribution in [0.2, 0.25) is 0 Å². The summed E-state index contributed by atoms with van der Waals surface area (Å²) in [6, 6.07) is 0. The molecule has 0 atom stereocenters. The highest BCUT2D eigenvalue weighted by atomic mass is 127. The summed E-state index contributed by atoms with van der Waals surface area (Å²) in [5.74, 6) is 0. The van der Waals surface area contributed by atoms with Gasteiger partial charge in [-0.15, -0.1) is 0 Å². The number of halogens is 2. The van der Waals surface area contributed by atoms with Gasteiger partial charge >= 0.3 is 0 Å². The van der Waals surface area contributed by atoms with E-state index in [-0.39, 0.29) is 0 Å². The summed E-state index contributed by atoms with van der Waals surface area (Å²) in [5.41, 5.74) is 0. The molecule has 0 heterocycles. The van der Waals surface area contributed by atoms with Crippen LogP contribution < -0.4 is 0 Å². The van der Waals surface area contributed by atoms with Crippen LogP contribution in [0.1, 0.15) is 0 Å². The highest BCUT2D eigenvalue weighted by molar-refractivity contribution is 14.2. The fourth-order valence-electron chi connectivity index (χ4n) is 0.160. The van der Waals surface area contributed by atoms with Crippen LogP contribution in [0.4, 0.5) is 0 Å². The number of hydrogen-bond donors (Lipinski definition) is 0. The zero-order valence-electron chi connectivity index (χ0n) is 4.03. The number of ether oxygens (including phenoxy) is 1. The first kappa shape index (κ1) is 8.38. The second-order valence-electron chi connectivity index (χ2n) is 1.02. The van der Waals surface area contributed by atoms with Crippen molar-refractivity contribution in [1.29, 1.82) is 0 Å². The summed E-state index contributed by atoms with van der Waals surface area (Å²) in [6.45, 7) is 1.80. The van der Waals surface area contributed by atoms with Crippen LogP contribution in [0.25, 0.3) is 0 Å². The Morgan fingerprint density at radius 1 is 1.57 bits per heavy atom. The second kappa shape index (κ2) is 5.52. The Labute approximate surface area is 71.6 Å². The molecule has 0 N–H and O–H groups in total. The van der Waals surface area contributed by atoms with Crippen LogP contribution in [0.3, 0.4) is 0 Å². The van der Waals surface area contributed by atoms with Crippen molar-refractivity contribution in [3.8, 4) is 0 Å². The summed E-state index contributed by atoms with van der Waals surface area (Å²) < 4.78 is 6.83. The monoisotopic (exact) mass is 327 g/mol. The first-order chi connectivity index (χ1) is 3.27. The largest absolute Gasteiger partial charge is 0.383 e. The molecule has 0 aliphatic heterocycles. The van der Waals surface area contributed by atoms with Gasteiger partial charge in [0, 0.05) is 59.4 Å². The number of rotatable bonds is 3. The minimum absolute atomic E-state index is 0.811. The third-order valence-electron chi connectivity index (χ3n) is 0.464. The Balaban J connectivity index is 2.68. The third-order valence-corrected chi connectivity index (χ3v) is 1.43. The Kier molecular flexibility index (Phi) is 6.60. The maximum Gasteiger partial charge on any atom is 0.0606 e. The summed E-state index contributed by atoms with van der Waals surface area (Å²) in [5, 5.41) is 0. The van der Waals surface area contributed by atoms with E-state index in [1.165, 1.54) is 0 Å². The topological polar surface area (TPSA) is 12.5 Å². The van der Waals surface area contributed by atoms with Gasteiger partial charge in [0.2, 0.25) is 0 Å². The van der Waals surface area contributed by atoms with Crippen molar-refractivity contribution in [2.45, 2.75) is 0 Å². The Bertz CT molecular complexity index is 41.9. The van der Waals surface area contributed by atoms with Gasteiger partial charge in [-0.25, -0.2) is 0 Å². The molecule has 0 amide bonds. The zero-order valence-corrected chi connectivity index (χ0v) is 8.34. The van der Waals surface area contributed by atoms with Crippen LogP contribution in [0.15, 0.2) is 0 Å². The maximum absolute atomic E-state index is 4.80. The molecular formula is C3H7I2NO. The molecule has 0 radical (unpaired) electrons. The molecule has 0 rings (SSSR count). The van der Waals surface area contributed by atoms with Crippen molar-refractivity contribution in [3.05, 3.63) is 0 Å². The van der Waals surface area contributed by atoms with Gasteiger partial charge in [0.25, 0.3) is 0 Å². The molecule has 0 unspecified atom stereocenters. The van der Waals surface area contributed by atoms with Gasteiger partial charge in [0.15, 0.2) is 0 Å². The van der Waals surface area contributed by atoms with Crippen molar-refractivity contribution in [3.63, 3.8) is 0 Å². The van der Waals surface area contributed by atoms with Crippen molar-refractivity contribution < 1.29 is 4.74 Å². The lowest BCUT2D eigenvalue weighted by atomic mass is 10.7. The predicted molar refractivity (Wildman–Crippen MR) is 46.6 cm³/mol. The molecule has 0 fully saturated rings. The quantitative estimate of drug-likeness (QED) is 0.577. The van der Waals surface area contributed by atoms with Crippen molar-refractivity contribution >= 4 is 45.7 Å². The van der Waals surface area contributed by atoms with Crippen LogP contribution in [-0.4, -0.2) is 21.6 Å². The molecule has 0 aromatic rings. The maximum atomic E-state index is 4.80. The van der Waals surface area contributed by atoms with Crippen LogP contribution >= 0.6 is 45.7 Å². The van der Waals surface area contributed by atoms with Crippen molar-refractivity contribution in [2.24, 2.45) is 0 Å². The molecule has 0 spiro atoms. The average Bonchev–Trinajstić information content (AvgIpc) is 1.61. The molecule has 0 saturated carbocycles. The van der Waals surface area contributed by atoms with Gasteiger partial charge in [-0.1, -0.05) is 0 Å². The first-order valence-corrected chi connectivity index (χ1v) is 3.78. The molecule has 4 heteroatoms. The van der Waals surface area contributed by atoms with E-state index in [1.54, 1.807) is 7.11 Å². The average molecular weight is 327 g/mol. The fourth-order valence-corrected chi connectivity index (χ4v) is 0.554. The number of nitrogens with zero attached hydrogens (tertiary/aromatic N) is 1. The van der Waals surface area contributed by atoms with E-state index in [1.807, 2.05) is 1.33 Å². The number of hydrogen-bond acceptors (Lipinski definition) is 2. The molecule has 0 aliphatic carbocycles. The van der Waals surface area contributed by atoms with Crippen LogP contribution in [0, 0.1) is 0 Å². The van der Waals surface area contributed by atoms with Gasteiger partial charge in [0.05, 0.1) is 6.61 Å². The van der Waals surface area contributed by atoms with E-state index in [0.717, 1.165) is 13.2 Å². The molecule has 0 bridgehead atoms. The number of methoxy groups -OCH3 is 1. The van der Waals surface area contributed by atoms with E-state index >= 15 is 0 Å².